The minimum atomic E-state index is -0.538. The number of nitriles is 2. The van der Waals surface area contributed by atoms with Gasteiger partial charge in [0.2, 0.25) is 0 Å². The largest absolute Gasteiger partial charge is 0.360 e. The molecule has 8 heterocycles. The number of likely N-dealkylation sites (tertiary alicyclic amines) is 1. The van der Waals surface area contributed by atoms with Gasteiger partial charge in [-0.1, -0.05) is 13.0 Å². The summed E-state index contributed by atoms with van der Waals surface area (Å²) in [5.74, 6) is 0.399. The first kappa shape index (κ1) is 48.8. The maximum absolute atomic E-state index is 15.9. The number of pyridine rings is 2. The summed E-state index contributed by atoms with van der Waals surface area (Å²) >= 11 is 0. The molecular weight excluding hydrogens is 943 g/mol. The van der Waals surface area contributed by atoms with E-state index in [-0.39, 0.29) is 41.6 Å². The molecule has 2 atom stereocenters. The maximum Gasteiger partial charge on any atom is 0.130 e. The van der Waals surface area contributed by atoms with Crippen LogP contribution in [0.4, 0.5) is 23.4 Å². The molecule has 2 N–H and O–H groups in total. The molecule has 17 heteroatoms. The average Bonchev–Trinajstić information content (AvgIpc) is 4.02. The van der Waals surface area contributed by atoms with Crippen LogP contribution in [0.25, 0.3) is 16.6 Å². The monoisotopic (exact) mass is 999 g/mol. The van der Waals surface area contributed by atoms with E-state index in [1.165, 1.54) is 35.9 Å². The highest BCUT2D eigenvalue weighted by atomic mass is 19.1. The van der Waals surface area contributed by atoms with Crippen LogP contribution in [-0.4, -0.2) is 112 Å². The zero-order valence-corrected chi connectivity index (χ0v) is 41.3. The first-order valence-electron chi connectivity index (χ1n) is 25.6. The quantitative estimate of drug-likeness (QED) is 0.0708. The Hall–Kier alpha value is -7.44. The molecule has 11 rings (SSSR count). The molecule has 0 radical (unpaired) electrons. The molecule has 378 valence electrons. The fourth-order valence-corrected chi connectivity index (χ4v) is 11.3. The third kappa shape index (κ3) is 9.99. The Bertz CT molecular complexity index is 3200. The number of halogens is 4. The molecule has 3 aromatic heterocycles. The fourth-order valence-electron chi connectivity index (χ4n) is 11.3. The minimum Gasteiger partial charge on any atom is -0.360 e. The molecule has 4 fully saturated rings. The molecule has 5 aromatic rings. The lowest BCUT2D eigenvalue weighted by Gasteiger charge is -2.38. The van der Waals surface area contributed by atoms with Gasteiger partial charge in [0.15, 0.2) is 0 Å². The summed E-state index contributed by atoms with van der Waals surface area (Å²) in [5, 5.41) is 35.5. The van der Waals surface area contributed by atoms with Gasteiger partial charge in [0.25, 0.3) is 0 Å². The average molecular weight is 1000 g/mol. The molecule has 0 amide bonds. The van der Waals surface area contributed by atoms with E-state index in [1.54, 1.807) is 10.7 Å². The second-order valence-electron chi connectivity index (χ2n) is 20.4. The summed E-state index contributed by atoms with van der Waals surface area (Å²) in [6, 6.07) is 17.4. The Morgan fingerprint density at radius 3 is 2.14 bits per heavy atom. The smallest absolute Gasteiger partial charge is 0.130 e. The number of piperazine rings is 2. The standard InChI is InChI=1S/C57H57F4N13/c1-36-19-55(66-30-47(36)46-22-41(38-5-6-38)28-67-56(46)43(24-62)25-63)73-17-13-70(14-18-73)35-49-52(60)20-37(21-53(49)61)31-71-10-9-40(32-71)42-23-45(57-44(26-64)29-68-74(57)33-42)39-7-8-54(65-27-39)72-15-11-69(12-16-72)34-48-50(58)3-2-4-51(48)59/h2-4,7-8,20-24,27-30,33,36,38,40,62,67H,5-6,9-19,31-32,34-35H2,1H3/b56-43+,62-24?. The number of nitrogens with zero attached hydrogens (tertiary/aromatic N) is 11. The van der Waals surface area contributed by atoms with Crippen LogP contribution in [0.1, 0.15) is 66.3 Å². The highest BCUT2D eigenvalue weighted by molar-refractivity contribution is 5.87. The van der Waals surface area contributed by atoms with E-state index in [9.17, 15) is 19.3 Å². The minimum absolute atomic E-state index is 0.0774. The lowest BCUT2D eigenvalue weighted by molar-refractivity contribution is 0.169. The zero-order valence-electron chi connectivity index (χ0n) is 41.3. The molecular formula is C57H57F4N13. The zero-order chi connectivity index (χ0) is 51.0. The van der Waals surface area contributed by atoms with Crippen molar-refractivity contribution in [1.29, 1.82) is 15.9 Å². The van der Waals surface area contributed by atoms with Crippen LogP contribution in [0.3, 0.4) is 0 Å². The molecule has 0 bridgehead atoms. The van der Waals surface area contributed by atoms with E-state index in [0.29, 0.717) is 93.7 Å². The second-order valence-corrected chi connectivity index (χ2v) is 20.4. The van der Waals surface area contributed by atoms with Crippen LogP contribution in [0.2, 0.25) is 0 Å². The van der Waals surface area contributed by atoms with Crippen molar-refractivity contribution >= 4 is 23.4 Å². The number of nitrogens with one attached hydrogen (secondary N) is 2. The summed E-state index contributed by atoms with van der Waals surface area (Å²) < 4.78 is 62.2. The molecule has 1 aliphatic carbocycles. The van der Waals surface area contributed by atoms with Crippen LogP contribution < -0.4 is 10.2 Å². The molecule has 13 nitrogen and oxygen atoms in total. The number of benzene rings is 2. The lowest BCUT2D eigenvalue weighted by Crippen LogP contribution is -2.49. The summed E-state index contributed by atoms with van der Waals surface area (Å²) in [6.07, 6.45) is 16.3. The Morgan fingerprint density at radius 1 is 0.797 bits per heavy atom. The maximum atomic E-state index is 15.9. The summed E-state index contributed by atoms with van der Waals surface area (Å²) in [4.78, 5) is 20.5. The fraction of sp³-hybridized carbons (Fsp3) is 0.368. The normalized spacial score (nSPS) is 21.6. The first-order chi connectivity index (χ1) is 36.0. The van der Waals surface area contributed by atoms with Crippen molar-refractivity contribution < 1.29 is 17.6 Å². The predicted octanol–water partition coefficient (Wildman–Crippen LogP) is 8.83. The van der Waals surface area contributed by atoms with Crippen LogP contribution in [0.15, 0.2) is 119 Å². The molecule has 2 aromatic carbocycles. The molecule has 74 heavy (non-hydrogen) atoms. The summed E-state index contributed by atoms with van der Waals surface area (Å²) in [6.45, 7) is 9.58. The van der Waals surface area contributed by atoms with Gasteiger partial charge in [-0.15, -0.1) is 0 Å². The summed E-state index contributed by atoms with van der Waals surface area (Å²) in [7, 11) is 0. The third-order valence-corrected chi connectivity index (χ3v) is 15.7. The SMILES string of the molecule is CC1CC(N2CCN(Cc3c(F)cc(CN4CCC(c5cc(-c6ccc(N7CCN(Cc8c(F)cccc8F)CC7)nc6)c6c(C#N)cnn6c5)C4)cc3F)CC2)=NC=C1C1=CC(C2CC2)=CN/C1=C(/C#N)C=N. The van der Waals surface area contributed by atoms with Gasteiger partial charge < -0.3 is 20.5 Å². The van der Waals surface area contributed by atoms with E-state index >= 15 is 8.78 Å². The Morgan fingerprint density at radius 2 is 1.50 bits per heavy atom. The van der Waals surface area contributed by atoms with Gasteiger partial charge in [-0.3, -0.25) is 14.7 Å². The Kier molecular flexibility index (Phi) is 13.7. The number of fused-ring (bicyclic) bond motifs is 1. The van der Waals surface area contributed by atoms with Crippen LogP contribution in [0, 0.1) is 63.2 Å². The van der Waals surface area contributed by atoms with E-state index in [0.717, 1.165) is 77.9 Å². The van der Waals surface area contributed by atoms with Crippen molar-refractivity contribution in [2.45, 2.75) is 58.2 Å². The van der Waals surface area contributed by atoms with Gasteiger partial charge in [-0.2, -0.15) is 15.6 Å². The molecule has 1 saturated carbocycles. The number of dihydropyridines is 1. The third-order valence-electron chi connectivity index (χ3n) is 15.7. The summed E-state index contributed by atoms with van der Waals surface area (Å²) in [5.41, 5.74) is 8.71. The number of aliphatic imine (C=N–C) groups is 1. The number of rotatable bonds is 12. The van der Waals surface area contributed by atoms with Crippen molar-refractivity contribution in [1.82, 2.24) is 39.5 Å². The van der Waals surface area contributed by atoms with Crippen molar-refractivity contribution in [3.05, 3.63) is 165 Å². The molecule has 2 unspecified atom stereocenters. The van der Waals surface area contributed by atoms with E-state index in [2.05, 4.69) is 61.2 Å². The van der Waals surface area contributed by atoms with Crippen molar-refractivity contribution in [2.75, 3.05) is 70.3 Å². The number of hydrogen-bond acceptors (Lipinski definition) is 12. The number of amidine groups is 1. The molecule has 0 spiro atoms. The van der Waals surface area contributed by atoms with Crippen molar-refractivity contribution in [3.63, 3.8) is 0 Å². The van der Waals surface area contributed by atoms with Crippen LogP contribution >= 0.6 is 0 Å². The number of allylic oxidation sites excluding steroid dienone is 4. The van der Waals surface area contributed by atoms with Gasteiger partial charge in [-0.05, 0) is 114 Å². The number of anilines is 1. The molecule has 3 saturated heterocycles. The lowest BCUT2D eigenvalue weighted by atomic mass is 9.84. The Labute approximate surface area is 428 Å². The first-order valence-corrected chi connectivity index (χ1v) is 25.6. The van der Waals surface area contributed by atoms with Crippen molar-refractivity contribution in [3.8, 4) is 23.3 Å². The second kappa shape index (κ2) is 20.8. The van der Waals surface area contributed by atoms with Gasteiger partial charge in [0.1, 0.15) is 47.1 Å². The number of hydrogen-bond donors (Lipinski definition) is 2. The van der Waals surface area contributed by atoms with Crippen LogP contribution in [-0.2, 0) is 19.6 Å². The van der Waals surface area contributed by atoms with E-state index < -0.39 is 23.3 Å². The van der Waals surface area contributed by atoms with E-state index in [1.807, 2.05) is 41.8 Å². The Balaban J connectivity index is 0.706. The van der Waals surface area contributed by atoms with Crippen LogP contribution in [0.5, 0.6) is 0 Å². The van der Waals surface area contributed by atoms with Crippen molar-refractivity contribution in [2.24, 2.45) is 16.8 Å². The van der Waals surface area contributed by atoms with Gasteiger partial charge >= 0.3 is 0 Å². The van der Waals surface area contributed by atoms with Gasteiger partial charge in [-0.25, -0.2) is 32.1 Å². The molecule has 5 aliphatic heterocycles. The van der Waals surface area contributed by atoms with E-state index in [4.69, 9.17) is 15.4 Å². The highest BCUT2D eigenvalue weighted by Gasteiger charge is 2.33. The highest BCUT2D eigenvalue weighted by Crippen LogP contribution is 2.42. The predicted molar refractivity (Wildman–Crippen MR) is 276 cm³/mol. The topological polar surface area (TPSA) is 142 Å². The van der Waals surface area contributed by atoms with Gasteiger partial charge in [0.05, 0.1) is 28.5 Å². The number of aromatic nitrogens is 3. The molecule has 6 aliphatic rings. The van der Waals surface area contributed by atoms with Gasteiger partial charge in [0, 0.05) is 144 Å².